The number of aliphatic hydroxyl groups excluding tert-OH is 1. The first kappa shape index (κ1) is 36.6. The van der Waals surface area contributed by atoms with Crippen molar-refractivity contribution >= 4 is 0 Å². The van der Waals surface area contributed by atoms with Gasteiger partial charge in [0.1, 0.15) is 0 Å². The van der Waals surface area contributed by atoms with Crippen LogP contribution in [0.4, 0.5) is 0 Å². The minimum atomic E-state index is 0.0346. The van der Waals surface area contributed by atoms with Crippen molar-refractivity contribution in [3.8, 4) is 0 Å². The monoisotopic (exact) mass is 538 g/mol. The van der Waals surface area contributed by atoms with Crippen LogP contribution in [0.1, 0.15) is 71.6 Å². The molecule has 0 aliphatic heterocycles. The second kappa shape index (κ2) is 33.7. The first-order chi connectivity index (χ1) is 18.3. The van der Waals surface area contributed by atoms with E-state index in [4.69, 9.17) is 43.0 Å². The first-order valence-corrected chi connectivity index (χ1v) is 14.6. The molecule has 9 heteroatoms. The molecule has 0 radical (unpaired) electrons. The molecule has 0 rings (SSSR count). The van der Waals surface area contributed by atoms with Gasteiger partial charge in [-0.15, -0.1) is 0 Å². The lowest BCUT2D eigenvalue weighted by Crippen LogP contribution is -2.19. The molecule has 0 bridgehead atoms. The average Bonchev–Trinajstić information content (AvgIpc) is 2.90. The molecular formula is C28H58O9. The summed E-state index contributed by atoms with van der Waals surface area (Å²) in [6.07, 6.45) is 12.1. The zero-order valence-electron chi connectivity index (χ0n) is 24.0. The van der Waals surface area contributed by atoms with E-state index in [0.717, 1.165) is 13.0 Å². The van der Waals surface area contributed by atoms with Crippen molar-refractivity contribution in [1.29, 1.82) is 0 Å². The number of aliphatic hydroxyl groups is 1. The van der Waals surface area contributed by atoms with E-state index in [-0.39, 0.29) is 12.7 Å². The summed E-state index contributed by atoms with van der Waals surface area (Å²) in [7, 11) is 0. The van der Waals surface area contributed by atoms with Gasteiger partial charge in [0.2, 0.25) is 0 Å². The van der Waals surface area contributed by atoms with Crippen LogP contribution in [0.3, 0.4) is 0 Å². The second-order valence-corrected chi connectivity index (χ2v) is 8.98. The van der Waals surface area contributed by atoms with Crippen LogP contribution < -0.4 is 0 Å². The third kappa shape index (κ3) is 33.6. The maximum absolute atomic E-state index is 8.57. The Morgan fingerprint density at radius 1 is 0.432 bits per heavy atom. The molecule has 0 aromatic heterocycles. The van der Waals surface area contributed by atoms with E-state index in [2.05, 4.69) is 6.92 Å². The molecular weight excluding hydrogens is 480 g/mol. The van der Waals surface area contributed by atoms with Crippen LogP contribution in [0.5, 0.6) is 0 Å². The van der Waals surface area contributed by atoms with Gasteiger partial charge in [-0.1, -0.05) is 58.3 Å². The van der Waals surface area contributed by atoms with E-state index in [1.807, 2.05) is 6.92 Å². The molecule has 9 nitrogen and oxygen atoms in total. The van der Waals surface area contributed by atoms with Crippen LogP contribution >= 0.6 is 0 Å². The van der Waals surface area contributed by atoms with Crippen molar-refractivity contribution in [2.75, 3.05) is 106 Å². The molecule has 37 heavy (non-hydrogen) atoms. The van der Waals surface area contributed by atoms with Crippen LogP contribution in [-0.4, -0.2) is 117 Å². The molecule has 0 saturated heterocycles. The normalized spacial score (nSPS) is 12.4. The molecule has 0 aliphatic carbocycles. The highest BCUT2D eigenvalue weighted by atomic mass is 16.6. The lowest BCUT2D eigenvalue weighted by Gasteiger charge is -2.13. The third-order valence-electron chi connectivity index (χ3n) is 5.47. The van der Waals surface area contributed by atoms with E-state index in [1.165, 1.54) is 51.4 Å². The van der Waals surface area contributed by atoms with Gasteiger partial charge in [0, 0.05) is 6.61 Å². The van der Waals surface area contributed by atoms with Crippen molar-refractivity contribution in [2.45, 2.75) is 77.7 Å². The molecule has 1 unspecified atom stereocenters. The van der Waals surface area contributed by atoms with Crippen molar-refractivity contribution in [3.05, 3.63) is 0 Å². The van der Waals surface area contributed by atoms with Crippen molar-refractivity contribution in [3.63, 3.8) is 0 Å². The Morgan fingerprint density at radius 2 is 0.811 bits per heavy atom. The molecule has 0 spiro atoms. The lowest BCUT2D eigenvalue weighted by molar-refractivity contribution is -0.0414. The SMILES string of the molecule is CCCCCCCCCCCOCC(C)OCCOCCOCCOCCOCCOCCOCCO. The summed E-state index contributed by atoms with van der Waals surface area (Å²) >= 11 is 0. The summed E-state index contributed by atoms with van der Waals surface area (Å²) in [5, 5.41) is 8.57. The Labute approximate surface area is 226 Å². The van der Waals surface area contributed by atoms with Crippen LogP contribution in [-0.2, 0) is 37.9 Å². The minimum absolute atomic E-state index is 0.0346. The van der Waals surface area contributed by atoms with E-state index in [9.17, 15) is 0 Å². The molecule has 1 atom stereocenters. The maximum atomic E-state index is 8.57. The lowest BCUT2D eigenvalue weighted by atomic mass is 10.1. The number of rotatable bonds is 33. The highest BCUT2D eigenvalue weighted by Crippen LogP contribution is 2.09. The number of unbranched alkanes of at least 4 members (excludes halogenated alkanes) is 8. The molecule has 0 saturated carbocycles. The molecule has 0 aromatic carbocycles. The van der Waals surface area contributed by atoms with Crippen LogP contribution in [0, 0.1) is 0 Å². The maximum Gasteiger partial charge on any atom is 0.0781 e. The second-order valence-electron chi connectivity index (χ2n) is 8.98. The van der Waals surface area contributed by atoms with Gasteiger partial charge >= 0.3 is 0 Å². The van der Waals surface area contributed by atoms with Gasteiger partial charge in [0.05, 0.1) is 105 Å². The Bertz CT molecular complexity index is 402. The fourth-order valence-electron chi connectivity index (χ4n) is 3.39. The predicted octanol–water partition coefficient (Wildman–Crippen LogP) is 4.03. The van der Waals surface area contributed by atoms with Crippen molar-refractivity contribution < 1.29 is 43.0 Å². The van der Waals surface area contributed by atoms with Gasteiger partial charge in [0.25, 0.3) is 0 Å². The van der Waals surface area contributed by atoms with Gasteiger partial charge < -0.3 is 43.0 Å². The molecule has 0 aliphatic rings. The van der Waals surface area contributed by atoms with E-state index in [1.54, 1.807) is 0 Å². The average molecular weight is 539 g/mol. The van der Waals surface area contributed by atoms with Gasteiger partial charge in [-0.2, -0.15) is 0 Å². The summed E-state index contributed by atoms with van der Waals surface area (Å²) in [5.74, 6) is 0. The van der Waals surface area contributed by atoms with Crippen molar-refractivity contribution in [1.82, 2.24) is 0 Å². The number of hydrogen-bond donors (Lipinski definition) is 1. The zero-order valence-corrected chi connectivity index (χ0v) is 24.0. The Hall–Kier alpha value is -0.360. The Morgan fingerprint density at radius 3 is 1.24 bits per heavy atom. The number of ether oxygens (including phenoxy) is 8. The molecule has 0 fully saturated rings. The summed E-state index contributed by atoms with van der Waals surface area (Å²) < 4.78 is 43.7. The summed E-state index contributed by atoms with van der Waals surface area (Å²) in [6, 6.07) is 0. The minimum Gasteiger partial charge on any atom is -0.394 e. The fourth-order valence-corrected chi connectivity index (χ4v) is 3.39. The molecule has 0 amide bonds. The Kier molecular flexibility index (Phi) is 33.3. The summed E-state index contributed by atoms with van der Waals surface area (Å²) in [4.78, 5) is 0. The first-order valence-electron chi connectivity index (χ1n) is 14.6. The predicted molar refractivity (Wildman–Crippen MR) is 145 cm³/mol. The van der Waals surface area contributed by atoms with Crippen LogP contribution in [0.15, 0.2) is 0 Å². The van der Waals surface area contributed by atoms with E-state index >= 15 is 0 Å². The van der Waals surface area contributed by atoms with Gasteiger partial charge in [-0.3, -0.25) is 0 Å². The highest BCUT2D eigenvalue weighted by Gasteiger charge is 2.02. The van der Waals surface area contributed by atoms with E-state index < -0.39 is 0 Å². The fraction of sp³-hybridized carbons (Fsp3) is 1.00. The standard InChI is InChI=1S/C28H58O9/c1-3-4-5-6-7-8-9-10-11-13-36-27-28(2)37-26-25-35-24-23-34-22-21-33-20-19-32-18-17-31-16-15-30-14-12-29/h28-29H,3-27H2,1-2H3. The summed E-state index contributed by atoms with van der Waals surface area (Å²) in [6.45, 7) is 12.5. The van der Waals surface area contributed by atoms with Crippen LogP contribution in [0.2, 0.25) is 0 Å². The van der Waals surface area contributed by atoms with E-state index in [0.29, 0.717) is 92.5 Å². The molecule has 0 heterocycles. The zero-order chi connectivity index (χ0) is 26.9. The molecule has 1 N–H and O–H groups in total. The van der Waals surface area contributed by atoms with Crippen molar-refractivity contribution in [2.24, 2.45) is 0 Å². The van der Waals surface area contributed by atoms with Crippen LogP contribution in [0.25, 0.3) is 0 Å². The van der Waals surface area contributed by atoms with Gasteiger partial charge in [0.15, 0.2) is 0 Å². The molecule has 0 aromatic rings. The van der Waals surface area contributed by atoms with Gasteiger partial charge in [-0.05, 0) is 13.3 Å². The number of hydrogen-bond acceptors (Lipinski definition) is 9. The highest BCUT2D eigenvalue weighted by molar-refractivity contribution is 4.50. The third-order valence-corrected chi connectivity index (χ3v) is 5.47. The quantitative estimate of drug-likeness (QED) is 0.124. The Balaban J connectivity index is 3.12. The topological polar surface area (TPSA) is 94.1 Å². The largest absolute Gasteiger partial charge is 0.394 e. The van der Waals surface area contributed by atoms with Gasteiger partial charge in [-0.25, -0.2) is 0 Å². The summed E-state index contributed by atoms with van der Waals surface area (Å²) in [5.41, 5.74) is 0. The molecule has 224 valence electrons. The smallest absolute Gasteiger partial charge is 0.0781 e.